The van der Waals surface area contributed by atoms with Crippen molar-refractivity contribution >= 4 is 23.9 Å². The summed E-state index contributed by atoms with van der Waals surface area (Å²) in [6, 6.07) is 0. The lowest BCUT2D eigenvalue weighted by Crippen LogP contribution is -2.45. The van der Waals surface area contributed by atoms with Crippen molar-refractivity contribution in [2.24, 2.45) is 23.7 Å². The molecule has 0 aliphatic carbocycles. The van der Waals surface area contributed by atoms with Crippen molar-refractivity contribution in [3.63, 3.8) is 0 Å². The lowest BCUT2D eigenvalue weighted by molar-refractivity contribution is -0.166. The minimum absolute atomic E-state index is 0.225. The highest BCUT2D eigenvalue weighted by Crippen LogP contribution is 2.31. The van der Waals surface area contributed by atoms with Crippen LogP contribution in [0.3, 0.4) is 0 Å². The fraction of sp³-hybridized carbons (Fsp3) is 0.750. The first-order chi connectivity index (χ1) is 12.0. The Hall–Kier alpha value is -2.20. The van der Waals surface area contributed by atoms with Crippen LogP contribution in [-0.2, 0) is 28.7 Å². The molecule has 0 radical (unpaired) electrons. The van der Waals surface area contributed by atoms with Crippen LogP contribution in [-0.4, -0.2) is 70.7 Å². The van der Waals surface area contributed by atoms with E-state index in [1.165, 1.54) is 14.0 Å². The van der Waals surface area contributed by atoms with Gasteiger partial charge in [0.15, 0.2) is 0 Å². The van der Waals surface area contributed by atoms with E-state index in [9.17, 15) is 34.5 Å². The van der Waals surface area contributed by atoms with Crippen molar-refractivity contribution in [1.82, 2.24) is 0 Å². The van der Waals surface area contributed by atoms with Gasteiger partial charge < -0.3 is 29.9 Å². The number of aliphatic carboxylic acids is 4. The maximum atomic E-state index is 11.7. The number of carbonyl (C=O) groups is 4. The standard InChI is InChI=1S/C16H26O10/c1-5-9(25-3)12(16(23)24)8(14(19)20)6-10(26-4)11(15(21)22)7(2)13(17)18/h7-12H,5-6H2,1-4H3,(H,17,18)(H,19,20)(H,21,22)(H,23,24). The van der Waals surface area contributed by atoms with Crippen molar-refractivity contribution in [2.45, 2.75) is 38.9 Å². The van der Waals surface area contributed by atoms with Crippen LogP contribution < -0.4 is 0 Å². The van der Waals surface area contributed by atoms with Crippen molar-refractivity contribution in [1.29, 1.82) is 0 Å². The molecule has 0 spiro atoms. The zero-order valence-electron chi connectivity index (χ0n) is 15.1. The molecule has 0 fully saturated rings. The monoisotopic (exact) mass is 378 g/mol. The summed E-state index contributed by atoms with van der Waals surface area (Å²) in [7, 11) is 2.38. The van der Waals surface area contributed by atoms with Gasteiger partial charge in [-0.25, -0.2) is 0 Å². The van der Waals surface area contributed by atoms with Crippen LogP contribution in [0.4, 0.5) is 0 Å². The van der Waals surface area contributed by atoms with Gasteiger partial charge in [0.25, 0.3) is 0 Å². The second kappa shape index (κ2) is 10.7. The Balaban J connectivity index is 5.86. The molecule has 0 amide bonds. The Kier molecular flexibility index (Phi) is 9.81. The summed E-state index contributed by atoms with van der Waals surface area (Å²) >= 11 is 0. The molecule has 0 saturated carbocycles. The molecule has 0 aliphatic heterocycles. The van der Waals surface area contributed by atoms with Crippen LogP contribution >= 0.6 is 0 Å². The largest absolute Gasteiger partial charge is 0.481 e. The third-order valence-electron chi connectivity index (χ3n) is 4.54. The predicted octanol–water partition coefficient (Wildman–Crippen LogP) is 0.640. The van der Waals surface area contributed by atoms with Crippen molar-refractivity contribution < 1.29 is 49.1 Å². The average molecular weight is 378 g/mol. The van der Waals surface area contributed by atoms with Gasteiger partial charge in [0.1, 0.15) is 0 Å². The number of hydrogen-bond acceptors (Lipinski definition) is 6. The summed E-state index contributed by atoms with van der Waals surface area (Å²) in [4.78, 5) is 46.0. The second-order valence-corrected chi connectivity index (χ2v) is 5.99. The van der Waals surface area contributed by atoms with Crippen molar-refractivity contribution in [3.05, 3.63) is 0 Å². The first-order valence-electron chi connectivity index (χ1n) is 8.00. The van der Waals surface area contributed by atoms with Crippen LogP contribution in [0.15, 0.2) is 0 Å². The van der Waals surface area contributed by atoms with E-state index in [1.807, 2.05) is 0 Å². The molecule has 4 N–H and O–H groups in total. The van der Waals surface area contributed by atoms with E-state index in [4.69, 9.17) is 14.6 Å². The first-order valence-corrected chi connectivity index (χ1v) is 8.00. The smallest absolute Gasteiger partial charge is 0.310 e. The predicted molar refractivity (Wildman–Crippen MR) is 86.7 cm³/mol. The number of rotatable bonds is 13. The van der Waals surface area contributed by atoms with E-state index in [0.29, 0.717) is 0 Å². The normalized spacial score (nSPS) is 18.2. The molecule has 0 aromatic carbocycles. The highest BCUT2D eigenvalue weighted by molar-refractivity contribution is 5.82. The van der Waals surface area contributed by atoms with Gasteiger partial charge in [-0.3, -0.25) is 19.2 Å². The molecule has 0 heterocycles. The van der Waals surface area contributed by atoms with Gasteiger partial charge in [-0.1, -0.05) is 13.8 Å². The van der Waals surface area contributed by atoms with Gasteiger partial charge in [-0.2, -0.15) is 0 Å². The SMILES string of the molecule is CCC(OC)C(C(=O)O)C(CC(OC)C(C(=O)O)C(C)C(=O)O)C(=O)O. The molecule has 0 rings (SSSR count). The number of ether oxygens (including phenoxy) is 2. The van der Waals surface area contributed by atoms with E-state index in [0.717, 1.165) is 7.11 Å². The Morgan fingerprint density at radius 2 is 1.23 bits per heavy atom. The summed E-state index contributed by atoms with van der Waals surface area (Å²) in [5.74, 6) is -11.6. The summed E-state index contributed by atoms with van der Waals surface area (Å²) < 4.78 is 10.1. The maximum absolute atomic E-state index is 11.7. The molecule has 0 saturated heterocycles. The van der Waals surface area contributed by atoms with Crippen LogP contribution in [0, 0.1) is 23.7 Å². The fourth-order valence-corrected chi connectivity index (χ4v) is 3.05. The maximum Gasteiger partial charge on any atom is 0.310 e. The summed E-state index contributed by atoms with van der Waals surface area (Å²) in [6.45, 7) is 2.80. The van der Waals surface area contributed by atoms with Crippen LogP contribution in [0.5, 0.6) is 0 Å². The Labute approximate surface area is 150 Å². The van der Waals surface area contributed by atoms with Crippen molar-refractivity contribution in [3.8, 4) is 0 Å². The van der Waals surface area contributed by atoms with Gasteiger partial charge in [0, 0.05) is 14.2 Å². The van der Waals surface area contributed by atoms with Crippen LogP contribution in [0.2, 0.25) is 0 Å². The average Bonchev–Trinajstić information content (AvgIpc) is 2.55. The number of carboxylic acid groups (broad SMARTS) is 4. The highest BCUT2D eigenvalue weighted by atomic mass is 16.5. The topological polar surface area (TPSA) is 168 Å². The molecule has 6 unspecified atom stereocenters. The van der Waals surface area contributed by atoms with E-state index in [1.54, 1.807) is 6.92 Å². The van der Waals surface area contributed by atoms with Gasteiger partial charge in [0.2, 0.25) is 0 Å². The number of carboxylic acids is 4. The van der Waals surface area contributed by atoms with Gasteiger partial charge in [-0.15, -0.1) is 0 Å². The third kappa shape index (κ3) is 5.95. The lowest BCUT2D eigenvalue weighted by atomic mass is 9.78. The van der Waals surface area contributed by atoms with E-state index in [2.05, 4.69) is 0 Å². The molecule has 0 aromatic heterocycles. The Morgan fingerprint density at radius 1 is 0.769 bits per heavy atom. The zero-order chi connectivity index (χ0) is 20.6. The minimum atomic E-state index is -1.54. The van der Waals surface area contributed by atoms with Gasteiger partial charge in [-0.05, 0) is 12.8 Å². The van der Waals surface area contributed by atoms with Gasteiger partial charge in [0.05, 0.1) is 35.9 Å². The molecular formula is C16H26O10. The van der Waals surface area contributed by atoms with Crippen LogP contribution in [0.1, 0.15) is 26.7 Å². The number of methoxy groups -OCH3 is 2. The lowest BCUT2D eigenvalue weighted by Gasteiger charge is -2.32. The quantitative estimate of drug-likeness (QED) is 0.357. The summed E-state index contributed by atoms with van der Waals surface area (Å²) in [5, 5.41) is 37.4. The Bertz CT molecular complexity index is 513. The number of hydrogen-bond donors (Lipinski definition) is 4. The van der Waals surface area contributed by atoms with E-state index >= 15 is 0 Å². The molecule has 26 heavy (non-hydrogen) atoms. The molecule has 10 nitrogen and oxygen atoms in total. The van der Waals surface area contributed by atoms with E-state index < -0.39 is 66.2 Å². The highest BCUT2D eigenvalue weighted by Gasteiger charge is 2.45. The van der Waals surface area contributed by atoms with Gasteiger partial charge >= 0.3 is 23.9 Å². The zero-order valence-corrected chi connectivity index (χ0v) is 15.1. The Morgan fingerprint density at radius 3 is 1.50 bits per heavy atom. The third-order valence-corrected chi connectivity index (χ3v) is 4.54. The summed E-state index contributed by atoms with van der Waals surface area (Å²) in [5.41, 5.74) is 0. The molecule has 10 heteroatoms. The molecule has 0 aromatic rings. The molecule has 150 valence electrons. The first kappa shape index (κ1) is 23.8. The van der Waals surface area contributed by atoms with Crippen molar-refractivity contribution in [2.75, 3.05) is 14.2 Å². The fourth-order valence-electron chi connectivity index (χ4n) is 3.05. The van der Waals surface area contributed by atoms with Crippen LogP contribution in [0.25, 0.3) is 0 Å². The molecule has 6 atom stereocenters. The molecule has 0 bridgehead atoms. The summed E-state index contributed by atoms with van der Waals surface area (Å²) in [6.07, 6.45) is -2.48. The minimum Gasteiger partial charge on any atom is -0.481 e. The van der Waals surface area contributed by atoms with E-state index in [-0.39, 0.29) is 6.42 Å². The molecular weight excluding hydrogens is 352 g/mol. The second-order valence-electron chi connectivity index (χ2n) is 5.99. The molecule has 0 aliphatic rings.